The van der Waals surface area contributed by atoms with E-state index in [4.69, 9.17) is 0 Å². The minimum Gasteiger partial charge on any atom is -0.0782 e. The molecule has 0 aromatic rings. The molecule has 0 aromatic carbocycles. The Morgan fingerprint density at radius 2 is 2.30 bits per heavy atom. The van der Waals surface area contributed by atoms with E-state index in [1.807, 2.05) is 0 Å². The van der Waals surface area contributed by atoms with Gasteiger partial charge in [0.05, 0.1) is 0 Å². The predicted octanol–water partition coefficient (Wildman–Crippen LogP) is 3.31. The second kappa shape index (κ2) is 3.05. The first-order valence-electron chi connectivity index (χ1n) is 4.10. The van der Waals surface area contributed by atoms with Crippen LogP contribution in [0.5, 0.6) is 0 Å². The Hall–Kier alpha value is -0.520. The van der Waals surface area contributed by atoms with Crippen molar-refractivity contribution in [1.82, 2.24) is 0 Å². The van der Waals surface area contributed by atoms with E-state index in [-0.39, 0.29) is 0 Å². The number of hydrogen-bond acceptors (Lipinski definition) is 0. The maximum atomic E-state index is 2.38. The van der Waals surface area contributed by atoms with E-state index in [1.165, 1.54) is 24.0 Å². The zero-order chi connectivity index (χ0) is 7.56. The molecule has 1 aliphatic carbocycles. The van der Waals surface area contributed by atoms with Crippen molar-refractivity contribution < 1.29 is 0 Å². The van der Waals surface area contributed by atoms with Crippen LogP contribution in [-0.2, 0) is 0 Å². The Labute approximate surface area is 63.6 Å². The van der Waals surface area contributed by atoms with E-state index >= 15 is 0 Å². The summed E-state index contributed by atoms with van der Waals surface area (Å²) in [6.07, 6.45) is 7.14. The van der Waals surface area contributed by atoms with Crippen molar-refractivity contribution in [2.45, 2.75) is 33.6 Å². The van der Waals surface area contributed by atoms with Crippen LogP contribution in [0, 0.1) is 5.92 Å². The molecule has 0 aliphatic heterocycles. The molecule has 1 atom stereocenters. The standard InChI is InChI=1S/C10H16/c1-4-10-6-8(2)5-9(3)7-10/h6-8H,4-5H2,1-3H3. The second-order valence-electron chi connectivity index (χ2n) is 3.27. The summed E-state index contributed by atoms with van der Waals surface area (Å²) in [6.45, 7) is 6.72. The monoisotopic (exact) mass is 136 g/mol. The van der Waals surface area contributed by atoms with Crippen LogP contribution in [-0.4, -0.2) is 0 Å². The topological polar surface area (TPSA) is 0 Å². The Balaban J connectivity index is 2.72. The van der Waals surface area contributed by atoms with Gasteiger partial charge in [-0.25, -0.2) is 0 Å². The molecule has 1 aliphatic rings. The Morgan fingerprint density at radius 1 is 1.60 bits per heavy atom. The van der Waals surface area contributed by atoms with Crippen LogP contribution in [0.25, 0.3) is 0 Å². The van der Waals surface area contributed by atoms with Crippen LogP contribution >= 0.6 is 0 Å². The zero-order valence-corrected chi connectivity index (χ0v) is 7.15. The Kier molecular flexibility index (Phi) is 2.31. The molecule has 1 unspecified atom stereocenters. The highest BCUT2D eigenvalue weighted by Crippen LogP contribution is 2.22. The molecular weight excluding hydrogens is 120 g/mol. The van der Waals surface area contributed by atoms with Crippen molar-refractivity contribution >= 4 is 0 Å². The molecule has 0 bridgehead atoms. The molecule has 0 spiro atoms. The number of allylic oxidation sites excluding steroid dienone is 4. The van der Waals surface area contributed by atoms with Gasteiger partial charge in [-0.1, -0.05) is 37.1 Å². The van der Waals surface area contributed by atoms with Gasteiger partial charge < -0.3 is 0 Å². The molecule has 0 saturated heterocycles. The summed E-state index contributed by atoms with van der Waals surface area (Å²) < 4.78 is 0. The summed E-state index contributed by atoms with van der Waals surface area (Å²) in [7, 11) is 0. The van der Waals surface area contributed by atoms with E-state index in [9.17, 15) is 0 Å². The zero-order valence-electron chi connectivity index (χ0n) is 7.15. The average Bonchev–Trinajstić information content (AvgIpc) is 1.85. The van der Waals surface area contributed by atoms with Crippen molar-refractivity contribution in [3.8, 4) is 0 Å². The highest BCUT2D eigenvalue weighted by Gasteiger charge is 2.06. The van der Waals surface area contributed by atoms with E-state index in [1.54, 1.807) is 0 Å². The van der Waals surface area contributed by atoms with Crippen LogP contribution < -0.4 is 0 Å². The molecule has 0 saturated carbocycles. The molecule has 0 heterocycles. The molecule has 0 N–H and O–H groups in total. The highest BCUT2D eigenvalue weighted by molar-refractivity contribution is 5.27. The van der Waals surface area contributed by atoms with Crippen LogP contribution in [0.2, 0.25) is 0 Å². The van der Waals surface area contributed by atoms with E-state index < -0.39 is 0 Å². The number of rotatable bonds is 1. The predicted molar refractivity (Wildman–Crippen MR) is 45.9 cm³/mol. The molecule has 0 heteroatoms. The van der Waals surface area contributed by atoms with Gasteiger partial charge in [-0.2, -0.15) is 0 Å². The van der Waals surface area contributed by atoms with Crippen LogP contribution in [0.1, 0.15) is 33.6 Å². The van der Waals surface area contributed by atoms with Crippen LogP contribution in [0.15, 0.2) is 23.3 Å². The fraction of sp³-hybridized carbons (Fsp3) is 0.600. The Morgan fingerprint density at radius 3 is 2.80 bits per heavy atom. The maximum absolute atomic E-state index is 2.38. The lowest BCUT2D eigenvalue weighted by molar-refractivity contribution is 0.695. The smallest absolute Gasteiger partial charge is 0.0219 e. The normalized spacial score (nSPS) is 25.7. The summed E-state index contributed by atoms with van der Waals surface area (Å²) in [5.41, 5.74) is 3.04. The second-order valence-corrected chi connectivity index (χ2v) is 3.27. The van der Waals surface area contributed by atoms with E-state index in [0.717, 1.165) is 5.92 Å². The lowest BCUT2D eigenvalue weighted by atomic mass is 9.92. The third-order valence-corrected chi connectivity index (χ3v) is 1.98. The van der Waals surface area contributed by atoms with Gasteiger partial charge in [-0.05, 0) is 25.7 Å². The third-order valence-electron chi connectivity index (χ3n) is 1.98. The van der Waals surface area contributed by atoms with Gasteiger partial charge >= 0.3 is 0 Å². The van der Waals surface area contributed by atoms with Gasteiger partial charge in [0.15, 0.2) is 0 Å². The molecule has 0 aromatic heterocycles. The molecule has 0 nitrogen and oxygen atoms in total. The van der Waals surface area contributed by atoms with Crippen molar-refractivity contribution in [3.05, 3.63) is 23.3 Å². The SMILES string of the molecule is CCC1=CC(C)CC(C)=C1. The van der Waals surface area contributed by atoms with Crippen molar-refractivity contribution in [2.24, 2.45) is 5.92 Å². The summed E-state index contributed by atoms with van der Waals surface area (Å²) in [4.78, 5) is 0. The van der Waals surface area contributed by atoms with Gasteiger partial charge in [-0.15, -0.1) is 0 Å². The van der Waals surface area contributed by atoms with Gasteiger partial charge in [0.2, 0.25) is 0 Å². The lowest BCUT2D eigenvalue weighted by Crippen LogP contribution is -1.98. The van der Waals surface area contributed by atoms with Gasteiger partial charge in [0.1, 0.15) is 0 Å². The molecule has 56 valence electrons. The van der Waals surface area contributed by atoms with Crippen molar-refractivity contribution in [3.63, 3.8) is 0 Å². The fourth-order valence-corrected chi connectivity index (χ4v) is 1.58. The lowest BCUT2D eigenvalue weighted by Gasteiger charge is -2.14. The quantitative estimate of drug-likeness (QED) is 0.518. The van der Waals surface area contributed by atoms with E-state index in [0.29, 0.717) is 0 Å². The average molecular weight is 136 g/mol. The van der Waals surface area contributed by atoms with Crippen molar-refractivity contribution in [2.75, 3.05) is 0 Å². The first-order valence-corrected chi connectivity index (χ1v) is 4.10. The summed E-state index contributed by atoms with van der Waals surface area (Å²) in [6, 6.07) is 0. The fourth-order valence-electron chi connectivity index (χ4n) is 1.58. The summed E-state index contributed by atoms with van der Waals surface area (Å²) in [5.74, 6) is 0.764. The summed E-state index contributed by atoms with van der Waals surface area (Å²) >= 11 is 0. The van der Waals surface area contributed by atoms with Crippen molar-refractivity contribution in [1.29, 1.82) is 0 Å². The molecule has 1 rings (SSSR count). The number of hydrogen-bond donors (Lipinski definition) is 0. The minimum absolute atomic E-state index is 0.764. The van der Waals surface area contributed by atoms with E-state index in [2.05, 4.69) is 32.9 Å². The molecule has 10 heavy (non-hydrogen) atoms. The maximum Gasteiger partial charge on any atom is -0.0219 e. The Bertz CT molecular complexity index is 172. The molecular formula is C10H16. The minimum atomic E-state index is 0.764. The first kappa shape index (κ1) is 7.59. The van der Waals surface area contributed by atoms with Crippen LogP contribution in [0.3, 0.4) is 0 Å². The molecule has 0 amide bonds. The van der Waals surface area contributed by atoms with Gasteiger partial charge in [0.25, 0.3) is 0 Å². The summed E-state index contributed by atoms with van der Waals surface area (Å²) in [5, 5.41) is 0. The molecule has 0 fully saturated rings. The molecule has 0 radical (unpaired) electrons. The van der Waals surface area contributed by atoms with Gasteiger partial charge in [0, 0.05) is 0 Å². The van der Waals surface area contributed by atoms with Crippen LogP contribution in [0.4, 0.5) is 0 Å². The third kappa shape index (κ3) is 1.73. The largest absolute Gasteiger partial charge is 0.0782 e. The highest BCUT2D eigenvalue weighted by atomic mass is 14.1. The van der Waals surface area contributed by atoms with Gasteiger partial charge in [-0.3, -0.25) is 0 Å². The first-order chi connectivity index (χ1) is 4.72.